The van der Waals surface area contributed by atoms with Gasteiger partial charge in [-0.3, -0.25) is 9.78 Å². The zero-order valence-electron chi connectivity index (χ0n) is 20.4. The molecule has 9 heteroatoms. The normalized spacial score (nSPS) is 22.5. The summed E-state index contributed by atoms with van der Waals surface area (Å²) in [6.45, 7) is 3.21. The fourth-order valence-electron chi connectivity index (χ4n) is 4.95. The number of ether oxygens (including phenoxy) is 1. The molecule has 5 rings (SSSR count). The Hall–Kier alpha value is -3.82. The number of carbonyl (C=O) groups excluding carboxylic acids is 2. The van der Waals surface area contributed by atoms with Crippen LogP contribution in [-0.2, 0) is 30.7 Å². The summed E-state index contributed by atoms with van der Waals surface area (Å²) in [5, 5.41) is -1.25. The van der Waals surface area contributed by atoms with Crippen LogP contribution in [0.2, 0.25) is 0 Å². The molecule has 2 aliphatic rings. The summed E-state index contributed by atoms with van der Waals surface area (Å²) in [5.41, 5.74) is 8.47. The third kappa shape index (κ3) is 4.04. The van der Waals surface area contributed by atoms with E-state index in [2.05, 4.69) is 4.98 Å². The lowest BCUT2D eigenvalue weighted by Crippen LogP contribution is -2.59. The first kappa shape index (κ1) is 24.9. The minimum atomic E-state index is -3.96. The molecule has 1 aromatic heterocycles. The second-order valence-corrected chi connectivity index (χ2v) is 12.2. The van der Waals surface area contributed by atoms with Crippen LogP contribution in [0.5, 0.6) is 0 Å². The standard InChI is InChI=1S/C28H27N3O5S/c1-28(2)24(27(33)36-23(19-9-5-3-6-10-19)20-11-7-4-8-12-20)31-25(32)22(26(31)37(28,34)35)16-21-15-18(17-29)13-14-30-21/h3-16,23-24,26H,17,29H2,1-2H3/b22-16-/t24-,26+/m0/s1. The number of aromatic nitrogens is 1. The van der Waals surface area contributed by atoms with Crippen molar-refractivity contribution in [3.05, 3.63) is 107 Å². The summed E-state index contributed by atoms with van der Waals surface area (Å²) < 4.78 is 31.6. The van der Waals surface area contributed by atoms with Crippen molar-refractivity contribution < 1.29 is 22.7 Å². The SMILES string of the molecule is CC1(C)[C@H](C(=O)OC(c2ccccc2)c2ccccc2)N2C(=O)/C(=C/c3cc(CN)ccn3)[C@H]2S1(=O)=O. The zero-order valence-corrected chi connectivity index (χ0v) is 21.3. The molecule has 2 atom stereocenters. The number of pyridine rings is 1. The fourth-order valence-corrected chi connectivity index (χ4v) is 7.06. The van der Waals surface area contributed by atoms with Crippen LogP contribution in [0.25, 0.3) is 6.08 Å². The summed E-state index contributed by atoms with van der Waals surface area (Å²) in [6.07, 6.45) is 2.25. The fraction of sp³-hybridized carbons (Fsp3) is 0.250. The van der Waals surface area contributed by atoms with Crippen molar-refractivity contribution in [1.29, 1.82) is 0 Å². The van der Waals surface area contributed by atoms with E-state index < -0.39 is 44.0 Å². The van der Waals surface area contributed by atoms with E-state index in [0.717, 1.165) is 21.6 Å². The average molecular weight is 518 g/mol. The molecule has 0 spiro atoms. The lowest BCUT2D eigenvalue weighted by molar-refractivity contribution is -0.160. The monoisotopic (exact) mass is 517 g/mol. The first-order chi connectivity index (χ1) is 17.7. The number of rotatable bonds is 6. The third-order valence-corrected chi connectivity index (χ3v) is 9.77. The van der Waals surface area contributed by atoms with E-state index in [1.54, 1.807) is 18.3 Å². The van der Waals surface area contributed by atoms with Crippen LogP contribution in [0.4, 0.5) is 0 Å². The van der Waals surface area contributed by atoms with Crippen molar-refractivity contribution in [2.75, 3.05) is 0 Å². The van der Waals surface area contributed by atoms with E-state index in [0.29, 0.717) is 5.69 Å². The number of carbonyl (C=O) groups is 2. The van der Waals surface area contributed by atoms with E-state index in [4.69, 9.17) is 10.5 Å². The molecular formula is C28H27N3O5S. The van der Waals surface area contributed by atoms with Gasteiger partial charge in [-0.15, -0.1) is 0 Å². The first-order valence-electron chi connectivity index (χ1n) is 11.9. The Kier molecular flexibility index (Phi) is 6.21. The van der Waals surface area contributed by atoms with Crippen LogP contribution >= 0.6 is 0 Å². The molecular weight excluding hydrogens is 490 g/mol. The third-order valence-electron chi connectivity index (χ3n) is 7.01. The van der Waals surface area contributed by atoms with Crippen LogP contribution in [0, 0.1) is 0 Å². The zero-order chi connectivity index (χ0) is 26.4. The largest absolute Gasteiger partial charge is 0.451 e. The van der Waals surface area contributed by atoms with Gasteiger partial charge in [0.25, 0.3) is 5.91 Å². The van der Waals surface area contributed by atoms with Gasteiger partial charge >= 0.3 is 5.97 Å². The molecule has 3 aromatic rings. The summed E-state index contributed by atoms with van der Waals surface area (Å²) >= 11 is 0. The molecule has 1 amide bonds. The smallest absolute Gasteiger partial charge is 0.331 e. The summed E-state index contributed by atoms with van der Waals surface area (Å²) in [5.74, 6) is -1.30. The molecule has 0 bridgehead atoms. The van der Waals surface area contributed by atoms with Crippen molar-refractivity contribution in [2.45, 2.75) is 42.7 Å². The van der Waals surface area contributed by atoms with Gasteiger partial charge < -0.3 is 15.4 Å². The van der Waals surface area contributed by atoms with Crippen LogP contribution in [0.3, 0.4) is 0 Å². The Bertz CT molecular complexity index is 1450. The summed E-state index contributed by atoms with van der Waals surface area (Å²) in [7, 11) is -3.96. The van der Waals surface area contributed by atoms with E-state index in [1.807, 2.05) is 60.7 Å². The molecule has 3 heterocycles. The van der Waals surface area contributed by atoms with Crippen molar-refractivity contribution in [3.63, 3.8) is 0 Å². The van der Waals surface area contributed by atoms with Gasteiger partial charge in [-0.05, 0) is 48.7 Å². The molecule has 190 valence electrons. The lowest BCUT2D eigenvalue weighted by Gasteiger charge is -2.38. The first-order valence-corrected chi connectivity index (χ1v) is 13.4. The minimum Gasteiger partial charge on any atom is -0.451 e. The average Bonchev–Trinajstić information content (AvgIpc) is 3.05. The lowest BCUT2D eigenvalue weighted by atomic mass is 9.94. The Morgan fingerprint density at radius 2 is 1.68 bits per heavy atom. The van der Waals surface area contributed by atoms with Gasteiger partial charge in [0.15, 0.2) is 27.4 Å². The highest BCUT2D eigenvalue weighted by Gasteiger charge is 2.70. The Morgan fingerprint density at radius 1 is 1.08 bits per heavy atom. The van der Waals surface area contributed by atoms with E-state index in [1.165, 1.54) is 19.9 Å². The molecule has 2 aliphatic heterocycles. The minimum absolute atomic E-state index is 0.0766. The molecule has 2 saturated heterocycles. The van der Waals surface area contributed by atoms with E-state index in [9.17, 15) is 18.0 Å². The van der Waals surface area contributed by atoms with E-state index >= 15 is 0 Å². The maximum absolute atomic E-state index is 13.7. The molecule has 2 N–H and O–H groups in total. The molecule has 0 radical (unpaired) electrons. The van der Waals surface area contributed by atoms with Gasteiger partial charge in [-0.2, -0.15) is 0 Å². The predicted octanol–water partition coefficient (Wildman–Crippen LogP) is 3.00. The molecule has 0 aliphatic carbocycles. The number of hydrogen-bond donors (Lipinski definition) is 1. The number of sulfone groups is 1. The van der Waals surface area contributed by atoms with Gasteiger partial charge in [0.05, 0.1) is 11.3 Å². The number of nitrogens with zero attached hydrogens (tertiary/aromatic N) is 2. The topological polar surface area (TPSA) is 120 Å². The number of amides is 1. The number of hydrogen-bond acceptors (Lipinski definition) is 7. The Balaban J connectivity index is 1.50. The van der Waals surface area contributed by atoms with Gasteiger partial charge in [0.2, 0.25) is 0 Å². The number of benzene rings is 2. The molecule has 8 nitrogen and oxygen atoms in total. The van der Waals surface area contributed by atoms with Gasteiger partial charge in [-0.25, -0.2) is 13.2 Å². The Labute approximate surface area is 215 Å². The van der Waals surface area contributed by atoms with Crippen LogP contribution < -0.4 is 5.73 Å². The predicted molar refractivity (Wildman–Crippen MR) is 138 cm³/mol. The van der Waals surface area contributed by atoms with E-state index in [-0.39, 0.29) is 12.1 Å². The Morgan fingerprint density at radius 3 is 2.24 bits per heavy atom. The van der Waals surface area contributed by atoms with Crippen molar-refractivity contribution in [1.82, 2.24) is 9.88 Å². The quantitative estimate of drug-likeness (QED) is 0.303. The summed E-state index contributed by atoms with van der Waals surface area (Å²) in [4.78, 5) is 32.3. The summed E-state index contributed by atoms with van der Waals surface area (Å²) in [6, 6.07) is 20.5. The number of esters is 1. The number of nitrogens with two attached hydrogens (primary N) is 1. The highest BCUT2D eigenvalue weighted by molar-refractivity contribution is 7.94. The van der Waals surface area contributed by atoms with Crippen LogP contribution in [0.1, 0.15) is 42.3 Å². The molecule has 37 heavy (non-hydrogen) atoms. The highest BCUT2D eigenvalue weighted by Crippen LogP contribution is 2.49. The van der Waals surface area contributed by atoms with Gasteiger partial charge in [0.1, 0.15) is 4.75 Å². The number of fused-ring (bicyclic) bond motifs is 1. The maximum atomic E-state index is 13.7. The van der Waals surface area contributed by atoms with Gasteiger partial charge in [-0.1, -0.05) is 60.7 Å². The van der Waals surface area contributed by atoms with Gasteiger partial charge in [0, 0.05) is 12.7 Å². The van der Waals surface area contributed by atoms with Crippen molar-refractivity contribution in [3.8, 4) is 0 Å². The van der Waals surface area contributed by atoms with Crippen molar-refractivity contribution in [2.24, 2.45) is 5.73 Å². The maximum Gasteiger partial charge on any atom is 0.331 e. The molecule has 2 aromatic carbocycles. The second-order valence-electron chi connectivity index (χ2n) is 9.65. The molecule has 2 fully saturated rings. The number of β-lactam (4-membered cyclic amide) rings is 1. The van der Waals surface area contributed by atoms with Crippen LogP contribution in [-0.4, -0.2) is 46.3 Å². The second kappa shape index (κ2) is 9.24. The van der Waals surface area contributed by atoms with Crippen LogP contribution in [0.15, 0.2) is 84.6 Å². The van der Waals surface area contributed by atoms with Crippen molar-refractivity contribution >= 4 is 27.8 Å². The molecule has 0 saturated carbocycles. The molecule has 0 unspecified atom stereocenters. The highest BCUT2D eigenvalue weighted by atomic mass is 32.2.